The van der Waals surface area contributed by atoms with Crippen LogP contribution in [0.1, 0.15) is 25.5 Å². The Hall–Kier alpha value is -3.21. The first-order valence-corrected chi connectivity index (χ1v) is 8.03. The molecule has 1 aromatic heterocycles. The van der Waals surface area contributed by atoms with Crippen molar-refractivity contribution < 1.29 is 4.79 Å². The van der Waals surface area contributed by atoms with Gasteiger partial charge >= 0.3 is 0 Å². The quantitative estimate of drug-likeness (QED) is 0.589. The summed E-state index contributed by atoms with van der Waals surface area (Å²) in [6, 6.07) is 1.87. The molecular formula is C20H22N4O. The summed E-state index contributed by atoms with van der Waals surface area (Å²) in [7, 11) is 0. The van der Waals surface area contributed by atoms with Crippen LogP contribution in [0.3, 0.4) is 0 Å². The number of allylic oxidation sites excluding steroid dienone is 9. The van der Waals surface area contributed by atoms with Crippen LogP contribution in [0.5, 0.6) is 0 Å². The topological polar surface area (TPSA) is 80.9 Å². The van der Waals surface area contributed by atoms with E-state index in [0.29, 0.717) is 17.9 Å². The molecule has 0 bridgehead atoms. The van der Waals surface area contributed by atoms with Crippen molar-refractivity contribution in [2.75, 3.05) is 5.32 Å². The molecule has 1 amide bonds. The molecule has 0 aliphatic heterocycles. The van der Waals surface area contributed by atoms with Gasteiger partial charge in [0.05, 0.1) is 5.69 Å². The number of hydrogen-bond donors (Lipinski definition) is 2. The fourth-order valence-electron chi connectivity index (χ4n) is 2.11. The highest BCUT2D eigenvalue weighted by Gasteiger charge is 2.04. The van der Waals surface area contributed by atoms with Crippen LogP contribution in [0.2, 0.25) is 0 Å². The van der Waals surface area contributed by atoms with E-state index in [1.54, 1.807) is 25.3 Å². The molecule has 5 nitrogen and oxygen atoms in total. The summed E-state index contributed by atoms with van der Waals surface area (Å²) < 4.78 is 0. The lowest BCUT2D eigenvalue weighted by atomic mass is 10.1. The minimum absolute atomic E-state index is 0.420. The molecule has 2 rings (SSSR count). The second-order valence-corrected chi connectivity index (χ2v) is 5.43. The fourth-order valence-corrected chi connectivity index (χ4v) is 2.11. The van der Waals surface area contributed by atoms with Gasteiger partial charge in [-0.05, 0) is 37.5 Å². The zero-order valence-electron chi connectivity index (χ0n) is 14.3. The van der Waals surface area contributed by atoms with Crippen molar-refractivity contribution in [2.24, 2.45) is 5.73 Å². The van der Waals surface area contributed by atoms with E-state index < -0.39 is 5.91 Å². The molecule has 3 N–H and O–H groups in total. The Morgan fingerprint density at radius 2 is 2.24 bits per heavy atom. The number of nitrogens with one attached hydrogen (secondary N) is 1. The summed E-state index contributed by atoms with van der Waals surface area (Å²) in [4.78, 5) is 19.8. The molecule has 0 saturated carbocycles. The Kier molecular flexibility index (Phi) is 6.65. The van der Waals surface area contributed by atoms with Gasteiger partial charge < -0.3 is 11.1 Å². The van der Waals surface area contributed by atoms with Gasteiger partial charge in [0.2, 0.25) is 11.9 Å². The standard InChI is InChI=1S/C20H22N4O/c1-3-17(12-8-9-15(2)19(21)25)23-20-22-14-13-18(24-20)16-10-6-4-5-7-11-16/h3-4,6-7,9-14H,1,5,8H2,2H3,(H2,21,25)(H,22,23,24)/b15-9+,17-12+. The molecule has 0 spiro atoms. The summed E-state index contributed by atoms with van der Waals surface area (Å²) in [6.45, 7) is 5.47. The van der Waals surface area contributed by atoms with Gasteiger partial charge in [0, 0.05) is 17.5 Å². The minimum Gasteiger partial charge on any atom is -0.366 e. The van der Waals surface area contributed by atoms with E-state index in [1.165, 1.54) is 0 Å². The largest absolute Gasteiger partial charge is 0.366 e. The molecule has 0 radical (unpaired) electrons. The molecular weight excluding hydrogens is 312 g/mol. The molecule has 1 heterocycles. The first kappa shape index (κ1) is 18.1. The molecule has 5 heteroatoms. The molecule has 0 fully saturated rings. The first-order chi connectivity index (χ1) is 12.1. The van der Waals surface area contributed by atoms with Crippen molar-refractivity contribution in [1.82, 2.24) is 9.97 Å². The number of rotatable bonds is 7. The van der Waals surface area contributed by atoms with Gasteiger partial charge in [0.25, 0.3) is 0 Å². The van der Waals surface area contributed by atoms with Gasteiger partial charge in [0.15, 0.2) is 0 Å². The molecule has 1 aliphatic rings. The average molecular weight is 334 g/mol. The number of primary amides is 1. The van der Waals surface area contributed by atoms with Gasteiger partial charge in [-0.15, -0.1) is 0 Å². The predicted molar refractivity (Wildman–Crippen MR) is 102 cm³/mol. The number of amides is 1. The van der Waals surface area contributed by atoms with Crippen LogP contribution in [0.15, 0.2) is 78.7 Å². The Morgan fingerprint density at radius 1 is 1.40 bits per heavy atom. The molecule has 0 atom stereocenters. The molecule has 25 heavy (non-hydrogen) atoms. The van der Waals surface area contributed by atoms with Crippen LogP contribution in [-0.2, 0) is 4.79 Å². The number of nitrogens with two attached hydrogens (primary N) is 1. The predicted octanol–water partition coefficient (Wildman–Crippen LogP) is 3.68. The third-order valence-electron chi connectivity index (χ3n) is 3.56. The number of hydrogen-bond acceptors (Lipinski definition) is 4. The maximum atomic E-state index is 11.0. The Balaban J connectivity index is 2.13. The van der Waals surface area contributed by atoms with Crippen molar-refractivity contribution in [1.29, 1.82) is 0 Å². The van der Waals surface area contributed by atoms with Crippen LogP contribution in [0, 0.1) is 0 Å². The van der Waals surface area contributed by atoms with Crippen molar-refractivity contribution in [3.63, 3.8) is 0 Å². The Bertz CT molecular complexity index is 798. The van der Waals surface area contributed by atoms with Gasteiger partial charge in [-0.3, -0.25) is 4.79 Å². The summed E-state index contributed by atoms with van der Waals surface area (Å²) >= 11 is 0. The Labute approximate surface area is 148 Å². The third kappa shape index (κ3) is 5.73. The highest BCUT2D eigenvalue weighted by Crippen LogP contribution is 2.17. The van der Waals surface area contributed by atoms with E-state index in [2.05, 4.69) is 34.0 Å². The van der Waals surface area contributed by atoms with E-state index in [4.69, 9.17) is 5.73 Å². The second kappa shape index (κ2) is 9.17. The number of nitrogens with zero attached hydrogens (tertiary/aromatic N) is 2. The van der Waals surface area contributed by atoms with E-state index in [1.807, 2.05) is 30.4 Å². The lowest BCUT2D eigenvalue weighted by molar-refractivity contribution is -0.114. The van der Waals surface area contributed by atoms with E-state index in [9.17, 15) is 4.79 Å². The molecule has 1 aromatic rings. The molecule has 1 aliphatic carbocycles. The summed E-state index contributed by atoms with van der Waals surface area (Å²) in [6.07, 6.45) is 18.8. The zero-order valence-corrected chi connectivity index (χ0v) is 14.3. The molecule has 128 valence electrons. The normalized spacial score (nSPS) is 14.7. The monoisotopic (exact) mass is 334 g/mol. The highest BCUT2D eigenvalue weighted by molar-refractivity contribution is 5.91. The van der Waals surface area contributed by atoms with Crippen LogP contribution in [0.4, 0.5) is 5.95 Å². The van der Waals surface area contributed by atoms with Gasteiger partial charge in [0.1, 0.15) is 0 Å². The van der Waals surface area contributed by atoms with Crippen molar-refractivity contribution in [2.45, 2.75) is 19.8 Å². The van der Waals surface area contributed by atoms with Crippen molar-refractivity contribution >= 4 is 17.4 Å². The zero-order chi connectivity index (χ0) is 18.1. The van der Waals surface area contributed by atoms with Crippen molar-refractivity contribution in [3.05, 3.63) is 84.4 Å². The molecule has 0 unspecified atom stereocenters. The summed E-state index contributed by atoms with van der Waals surface area (Å²) in [5, 5.41) is 3.13. The number of carbonyl (C=O) groups is 1. The lowest BCUT2D eigenvalue weighted by Gasteiger charge is -2.07. The van der Waals surface area contributed by atoms with Gasteiger partial charge in [-0.2, -0.15) is 0 Å². The van der Waals surface area contributed by atoms with E-state index in [-0.39, 0.29) is 0 Å². The van der Waals surface area contributed by atoms with Crippen LogP contribution < -0.4 is 11.1 Å². The number of aromatic nitrogens is 2. The van der Waals surface area contributed by atoms with E-state index in [0.717, 1.165) is 23.4 Å². The smallest absolute Gasteiger partial charge is 0.244 e. The number of anilines is 1. The van der Waals surface area contributed by atoms with Gasteiger partial charge in [-0.1, -0.05) is 49.1 Å². The maximum absolute atomic E-state index is 11.0. The van der Waals surface area contributed by atoms with Gasteiger partial charge in [-0.25, -0.2) is 9.97 Å². The first-order valence-electron chi connectivity index (χ1n) is 8.03. The molecule has 0 saturated heterocycles. The highest BCUT2D eigenvalue weighted by atomic mass is 16.1. The lowest BCUT2D eigenvalue weighted by Crippen LogP contribution is -2.11. The van der Waals surface area contributed by atoms with Crippen molar-refractivity contribution in [3.8, 4) is 0 Å². The summed E-state index contributed by atoms with van der Waals surface area (Å²) in [5.74, 6) is 0.0677. The fraction of sp³-hybridized carbons (Fsp3) is 0.150. The van der Waals surface area contributed by atoms with Crippen LogP contribution >= 0.6 is 0 Å². The second-order valence-electron chi connectivity index (χ2n) is 5.43. The Morgan fingerprint density at radius 3 is 3.00 bits per heavy atom. The molecule has 0 aromatic carbocycles. The minimum atomic E-state index is -0.420. The summed E-state index contributed by atoms with van der Waals surface area (Å²) in [5.41, 5.74) is 8.37. The SMILES string of the molecule is C=C/C(=C\C/C=C(\C)C(N)=O)Nc1nccc(C2=CC=CCC=C2)n1. The third-order valence-corrected chi connectivity index (χ3v) is 3.56. The van der Waals surface area contributed by atoms with E-state index >= 15 is 0 Å². The maximum Gasteiger partial charge on any atom is 0.244 e. The van der Waals surface area contributed by atoms with Crippen LogP contribution in [-0.4, -0.2) is 15.9 Å². The van der Waals surface area contributed by atoms with Crippen LogP contribution in [0.25, 0.3) is 5.57 Å². The average Bonchev–Trinajstić information content (AvgIpc) is 2.90. The number of carbonyl (C=O) groups excluding carboxylic acids is 1.